The largest absolute Gasteiger partial charge is 0.460 e. The van der Waals surface area contributed by atoms with Gasteiger partial charge in [0.05, 0.1) is 26.1 Å². The van der Waals surface area contributed by atoms with Gasteiger partial charge in [0.15, 0.2) is 0 Å². The Morgan fingerprint density at radius 1 is 0.359 bits per heavy atom. The first-order valence-corrected chi connectivity index (χ1v) is 15.4. The van der Waals surface area contributed by atoms with Crippen molar-refractivity contribution in [3.05, 3.63) is 68.4 Å². The number of hydrogen-bond acceptors (Lipinski definition) is 3. The first kappa shape index (κ1) is 57.5. The molecule has 1 aromatic rings. The summed E-state index contributed by atoms with van der Waals surface area (Å²) < 4.78 is 403. The van der Waals surface area contributed by atoms with Crippen molar-refractivity contribution >= 4 is 0 Å². The van der Waals surface area contributed by atoms with Crippen LogP contribution in [0.25, 0.3) is 0 Å². The lowest BCUT2D eigenvalue weighted by Crippen LogP contribution is -2.70. The summed E-state index contributed by atoms with van der Waals surface area (Å²) in [7, 11) is 0. The minimum absolute atomic E-state index is 0.416. The van der Waals surface area contributed by atoms with Gasteiger partial charge in [-0.3, -0.25) is 0 Å². The van der Waals surface area contributed by atoms with Crippen LogP contribution in [0.5, 0.6) is 0 Å². The van der Waals surface area contributed by atoms with E-state index in [4.69, 9.17) is 0 Å². The summed E-state index contributed by atoms with van der Waals surface area (Å²) in [4.78, 5) is 37.9. The highest BCUT2D eigenvalue weighted by atomic mass is 19.4. The fourth-order valence-corrected chi connectivity index (χ4v) is 4.45. The van der Waals surface area contributed by atoms with Crippen LogP contribution in [-0.4, -0.2) is 97.1 Å². The Kier molecular flexibility index (Phi) is 15.1. The zero-order chi connectivity index (χ0) is 51.5. The highest BCUT2D eigenvalue weighted by molar-refractivity contribution is 5.16. The van der Waals surface area contributed by atoms with Crippen LogP contribution in [0.1, 0.15) is 12.8 Å². The van der Waals surface area contributed by atoms with Crippen molar-refractivity contribution in [2.75, 3.05) is 0 Å². The zero-order valence-electron chi connectivity index (χ0n) is 29.5. The maximum Gasteiger partial charge on any atom is 0.460 e. The van der Waals surface area contributed by atoms with E-state index in [1.54, 1.807) is 0 Å². The van der Waals surface area contributed by atoms with Crippen LogP contribution in [0.2, 0.25) is 0 Å². The molecular weight excluding hydrogens is 996 g/mol. The van der Waals surface area contributed by atoms with E-state index in [2.05, 4.69) is 6.58 Å². The van der Waals surface area contributed by atoms with Crippen molar-refractivity contribution < 1.29 is 132 Å². The highest BCUT2D eigenvalue weighted by Crippen LogP contribution is 2.62. The van der Waals surface area contributed by atoms with Crippen molar-refractivity contribution in [1.82, 2.24) is 13.7 Å². The van der Waals surface area contributed by atoms with Crippen molar-refractivity contribution in [2.45, 2.75) is 116 Å². The molecule has 0 aromatic carbocycles. The summed E-state index contributed by atoms with van der Waals surface area (Å²) in [5, 5.41) is 0. The number of halogens is 30. The third-order valence-corrected chi connectivity index (χ3v) is 7.94. The Bertz CT molecular complexity index is 2100. The maximum atomic E-state index is 14.3. The second-order valence-electron chi connectivity index (χ2n) is 12.6. The fourth-order valence-electron chi connectivity index (χ4n) is 4.45. The Hall–Kier alpha value is -4.47. The molecule has 0 bridgehead atoms. The summed E-state index contributed by atoms with van der Waals surface area (Å²) in [6.45, 7) is -2.72. The smallest absolute Gasteiger partial charge is 0.247 e. The number of rotatable bonds is 20. The number of alkyl halides is 30. The standard InChI is InChI=1S/C28H17F30N3O3/c1-2-7-59-12(62)60(8-3-5-15(29,30)21(42,43)17(33,34)10-18(35,36)24(48,49)27(54,55)28(56,57)58)14(64)61(13(59)63)9-4-6-16(31,32)22(44,45)25(50,51)26(52,53)23(46,47)19(37,38)11-20(39,40)41/h2-6H,1,7-11H2/b5-3+,6-4+. The molecule has 0 saturated carbocycles. The Balaban J connectivity index is 3.73. The molecule has 36 heteroatoms. The van der Waals surface area contributed by atoms with Gasteiger partial charge >= 0.3 is 100 Å². The summed E-state index contributed by atoms with van der Waals surface area (Å²) in [6.07, 6.45) is -28.2. The molecule has 0 amide bonds. The van der Waals surface area contributed by atoms with Crippen LogP contribution in [-0.2, 0) is 19.6 Å². The Labute approximate surface area is 330 Å². The molecule has 0 spiro atoms. The molecule has 0 N–H and O–H groups in total. The maximum absolute atomic E-state index is 14.3. The van der Waals surface area contributed by atoms with E-state index in [1.807, 2.05) is 0 Å². The van der Waals surface area contributed by atoms with Crippen molar-refractivity contribution in [1.29, 1.82) is 0 Å². The van der Waals surface area contributed by atoms with E-state index in [1.165, 1.54) is 0 Å². The normalized spacial score (nSPS) is 15.8. The van der Waals surface area contributed by atoms with Gasteiger partial charge in [-0.15, -0.1) is 6.58 Å². The van der Waals surface area contributed by atoms with E-state index < -0.39 is 171 Å². The molecular formula is C28H17F30N3O3. The number of hydrogen-bond donors (Lipinski definition) is 0. The quantitative estimate of drug-likeness (QED) is 0.0966. The van der Waals surface area contributed by atoms with Gasteiger partial charge in [0.2, 0.25) is 0 Å². The first-order chi connectivity index (χ1) is 27.8. The van der Waals surface area contributed by atoms with E-state index >= 15 is 0 Å². The molecule has 1 aromatic heterocycles. The topological polar surface area (TPSA) is 66.0 Å². The lowest BCUT2D eigenvalue weighted by atomic mass is 9.90. The van der Waals surface area contributed by atoms with Gasteiger partial charge in [0, 0.05) is 0 Å². The van der Waals surface area contributed by atoms with Crippen LogP contribution < -0.4 is 17.1 Å². The second kappa shape index (κ2) is 16.8. The van der Waals surface area contributed by atoms with Gasteiger partial charge < -0.3 is 0 Å². The molecule has 1 rings (SSSR count). The SMILES string of the molecule is C=CCn1c(=O)n(C/C=C/C(F)(F)C(F)(F)C(F)(F)CC(F)(F)C(F)(F)C(F)(F)C(F)(F)F)c(=O)n(C/C=C/C(F)(F)C(F)(F)C(F)(F)C(F)(F)C(F)(F)C(F)(F)CC(F)(F)F)c1=O. The summed E-state index contributed by atoms with van der Waals surface area (Å²) in [5.74, 6) is -93.2. The molecule has 372 valence electrons. The average Bonchev–Trinajstić information content (AvgIpc) is 3.06. The third kappa shape index (κ3) is 9.58. The predicted octanol–water partition coefficient (Wildman–Crippen LogP) is 10.00. The number of allylic oxidation sites excluding steroid dienone is 5. The highest BCUT2D eigenvalue weighted by Gasteiger charge is 2.90. The van der Waals surface area contributed by atoms with E-state index in [0.29, 0.717) is 6.08 Å². The predicted molar refractivity (Wildman–Crippen MR) is 148 cm³/mol. The molecule has 0 aliphatic heterocycles. The van der Waals surface area contributed by atoms with Crippen molar-refractivity contribution in [3.8, 4) is 0 Å². The first-order valence-electron chi connectivity index (χ1n) is 15.4. The minimum Gasteiger partial charge on any atom is -0.247 e. The van der Waals surface area contributed by atoms with Gasteiger partial charge in [-0.25, -0.2) is 28.1 Å². The molecule has 6 nitrogen and oxygen atoms in total. The molecule has 0 fully saturated rings. The van der Waals surface area contributed by atoms with Crippen molar-refractivity contribution in [3.63, 3.8) is 0 Å². The minimum atomic E-state index is -8.52. The molecule has 0 radical (unpaired) electrons. The lowest BCUT2D eigenvalue weighted by molar-refractivity contribution is -0.424. The van der Waals surface area contributed by atoms with Gasteiger partial charge in [-0.05, 0) is 12.2 Å². The van der Waals surface area contributed by atoms with Crippen molar-refractivity contribution in [2.24, 2.45) is 0 Å². The van der Waals surface area contributed by atoms with Crippen LogP contribution in [0.15, 0.2) is 51.3 Å². The molecule has 0 unspecified atom stereocenters. The zero-order valence-corrected chi connectivity index (χ0v) is 29.5. The van der Waals surface area contributed by atoms with E-state index in [9.17, 15) is 146 Å². The lowest BCUT2D eigenvalue weighted by Gasteiger charge is -2.41. The molecule has 1 heterocycles. The fraction of sp³-hybridized carbons (Fsp3) is 0.679. The second-order valence-corrected chi connectivity index (χ2v) is 12.6. The van der Waals surface area contributed by atoms with E-state index in [-0.39, 0.29) is 0 Å². The summed E-state index contributed by atoms with van der Waals surface area (Å²) >= 11 is 0. The Morgan fingerprint density at radius 3 is 0.969 bits per heavy atom. The van der Waals surface area contributed by atoms with Gasteiger partial charge in [-0.2, -0.15) is 132 Å². The molecule has 0 aliphatic carbocycles. The van der Waals surface area contributed by atoms with E-state index in [0.717, 1.165) is 0 Å². The van der Waals surface area contributed by atoms with Crippen LogP contribution in [0.3, 0.4) is 0 Å². The van der Waals surface area contributed by atoms with Gasteiger partial charge in [0.25, 0.3) is 0 Å². The molecule has 64 heavy (non-hydrogen) atoms. The monoisotopic (exact) mass is 1010 g/mol. The molecule has 0 aliphatic rings. The summed E-state index contributed by atoms with van der Waals surface area (Å²) in [5.41, 5.74) is -6.92. The van der Waals surface area contributed by atoms with Crippen LogP contribution >= 0.6 is 0 Å². The number of aromatic nitrogens is 3. The molecule has 0 saturated heterocycles. The average molecular weight is 1010 g/mol. The summed E-state index contributed by atoms with van der Waals surface area (Å²) in [6, 6.07) is 0. The molecule has 0 atom stereocenters. The number of nitrogens with zero attached hydrogens (tertiary/aromatic N) is 3. The third-order valence-electron chi connectivity index (χ3n) is 7.94. The van der Waals surface area contributed by atoms with Crippen LogP contribution in [0.4, 0.5) is 132 Å². The van der Waals surface area contributed by atoms with Crippen LogP contribution in [0, 0.1) is 0 Å². The van der Waals surface area contributed by atoms with Gasteiger partial charge in [-0.1, -0.05) is 18.2 Å². The van der Waals surface area contributed by atoms with Gasteiger partial charge in [0.1, 0.15) is 6.42 Å². The Morgan fingerprint density at radius 2 is 0.641 bits per heavy atom.